The van der Waals surface area contributed by atoms with Gasteiger partial charge in [-0.25, -0.2) is 4.99 Å². The average molecular weight is 575 g/mol. The fraction of sp³-hybridized carbons (Fsp3) is 0.269. The fourth-order valence-electron chi connectivity index (χ4n) is 4.16. The normalized spacial score (nSPS) is 15.6. The maximum atomic E-state index is 13.7. The number of hydrogen-bond acceptors (Lipinski definition) is 5. The highest BCUT2D eigenvalue weighted by Gasteiger charge is 2.34. The van der Waals surface area contributed by atoms with Crippen molar-refractivity contribution in [1.29, 1.82) is 0 Å². The van der Waals surface area contributed by atoms with Gasteiger partial charge in [-0.15, -0.1) is 0 Å². The lowest BCUT2D eigenvalue weighted by Crippen LogP contribution is -2.43. The number of ether oxygens (including phenoxy) is 1. The lowest BCUT2D eigenvalue weighted by molar-refractivity contribution is -0.127. The molecule has 4 rings (SSSR count). The van der Waals surface area contributed by atoms with Crippen LogP contribution >= 0.6 is 38.9 Å². The average Bonchev–Trinajstić information content (AvgIpc) is 3.14. The Kier molecular flexibility index (Phi) is 7.64. The first-order chi connectivity index (χ1) is 16.8. The summed E-state index contributed by atoms with van der Waals surface area (Å²) in [5.41, 5.74) is 2.57. The SMILES string of the molecule is CCN(CC)C(=O)C1=C(C)N=c2s/c(=C/c3ccc(OC)c(Br)c3)c(=O)n2[C@@H]1c1ccc(Cl)cc1. The molecular formula is C26H25BrClN3O3S. The highest BCUT2D eigenvalue weighted by Crippen LogP contribution is 2.32. The van der Waals surface area contributed by atoms with Crippen molar-refractivity contribution in [3.8, 4) is 5.75 Å². The number of amides is 1. The van der Waals surface area contributed by atoms with E-state index in [0.29, 0.717) is 44.5 Å². The van der Waals surface area contributed by atoms with Crippen molar-refractivity contribution in [3.05, 3.63) is 94.0 Å². The summed E-state index contributed by atoms with van der Waals surface area (Å²) in [6.07, 6.45) is 1.83. The topological polar surface area (TPSA) is 63.9 Å². The van der Waals surface area contributed by atoms with Gasteiger partial charge in [0.05, 0.1) is 33.4 Å². The Bertz CT molecular complexity index is 1490. The number of carbonyl (C=O) groups is 1. The van der Waals surface area contributed by atoms with Crippen molar-refractivity contribution in [1.82, 2.24) is 9.47 Å². The summed E-state index contributed by atoms with van der Waals surface area (Å²) in [4.78, 5) is 34.3. The number of allylic oxidation sites excluding steroid dienone is 1. The number of fused-ring (bicyclic) bond motifs is 1. The Morgan fingerprint density at radius 2 is 1.91 bits per heavy atom. The molecule has 0 unspecified atom stereocenters. The Hall–Kier alpha value is -2.68. The van der Waals surface area contributed by atoms with Crippen LogP contribution in [0, 0.1) is 0 Å². The number of hydrogen-bond donors (Lipinski definition) is 0. The van der Waals surface area contributed by atoms with E-state index in [9.17, 15) is 9.59 Å². The number of benzene rings is 2. The zero-order valence-corrected chi connectivity index (χ0v) is 23.0. The molecule has 0 fully saturated rings. The monoisotopic (exact) mass is 573 g/mol. The summed E-state index contributed by atoms with van der Waals surface area (Å²) in [5, 5.41) is 0.587. The number of carbonyl (C=O) groups excluding carboxylic acids is 1. The molecule has 0 saturated carbocycles. The number of methoxy groups -OCH3 is 1. The van der Waals surface area contributed by atoms with Gasteiger partial charge in [0.2, 0.25) is 0 Å². The summed E-state index contributed by atoms with van der Waals surface area (Å²) in [5.74, 6) is 0.589. The Morgan fingerprint density at radius 3 is 2.51 bits per heavy atom. The molecule has 1 aliphatic heterocycles. The third kappa shape index (κ3) is 4.87. The quantitative estimate of drug-likeness (QED) is 0.435. The molecule has 0 radical (unpaired) electrons. The number of thiazole rings is 1. The van der Waals surface area contributed by atoms with E-state index in [0.717, 1.165) is 15.6 Å². The minimum absolute atomic E-state index is 0.121. The molecule has 1 atom stereocenters. The zero-order chi connectivity index (χ0) is 25.3. The number of nitrogens with zero attached hydrogens (tertiary/aromatic N) is 3. The highest BCUT2D eigenvalue weighted by molar-refractivity contribution is 9.10. The minimum Gasteiger partial charge on any atom is -0.496 e. The predicted octanol–water partition coefficient (Wildman–Crippen LogP) is 4.53. The molecule has 2 heterocycles. The summed E-state index contributed by atoms with van der Waals surface area (Å²) in [6, 6.07) is 12.3. The largest absolute Gasteiger partial charge is 0.496 e. The zero-order valence-electron chi connectivity index (χ0n) is 19.8. The van der Waals surface area contributed by atoms with Gasteiger partial charge in [0.1, 0.15) is 5.75 Å². The van der Waals surface area contributed by atoms with Gasteiger partial charge in [-0.05, 0) is 78.2 Å². The first-order valence-electron chi connectivity index (χ1n) is 11.2. The van der Waals surface area contributed by atoms with Crippen molar-refractivity contribution >= 4 is 50.9 Å². The van der Waals surface area contributed by atoms with Gasteiger partial charge in [0, 0.05) is 18.1 Å². The van der Waals surface area contributed by atoms with E-state index in [4.69, 9.17) is 21.3 Å². The first kappa shape index (κ1) is 25.4. The molecule has 35 heavy (non-hydrogen) atoms. The smallest absolute Gasteiger partial charge is 0.271 e. The van der Waals surface area contributed by atoms with Crippen molar-refractivity contribution < 1.29 is 9.53 Å². The van der Waals surface area contributed by atoms with Gasteiger partial charge in [-0.1, -0.05) is 41.1 Å². The molecule has 0 N–H and O–H groups in total. The van der Waals surface area contributed by atoms with Gasteiger partial charge < -0.3 is 9.64 Å². The summed E-state index contributed by atoms with van der Waals surface area (Å²) in [7, 11) is 1.61. The van der Waals surface area contributed by atoms with Crippen LogP contribution in [-0.2, 0) is 4.79 Å². The van der Waals surface area contributed by atoms with Crippen LogP contribution in [0.5, 0.6) is 5.75 Å². The minimum atomic E-state index is -0.596. The standard InChI is InChI=1S/C26H25BrClN3O3S/c1-5-30(6-2)25(33)22-15(3)29-26-31(23(22)17-8-10-18(28)11-9-17)24(32)21(35-26)14-16-7-12-20(34-4)19(27)13-16/h7-14,23H,5-6H2,1-4H3/b21-14+/t23-/m1/s1. The number of rotatable bonds is 6. The van der Waals surface area contributed by atoms with Crippen molar-refractivity contribution in [2.75, 3.05) is 20.2 Å². The fourth-order valence-corrected chi connectivity index (χ4v) is 5.89. The van der Waals surface area contributed by atoms with E-state index in [1.807, 2.05) is 57.2 Å². The molecular weight excluding hydrogens is 550 g/mol. The Morgan fingerprint density at radius 1 is 1.23 bits per heavy atom. The predicted molar refractivity (Wildman–Crippen MR) is 144 cm³/mol. The van der Waals surface area contributed by atoms with E-state index in [-0.39, 0.29) is 11.5 Å². The second-order valence-corrected chi connectivity index (χ2v) is 10.3. The van der Waals surface area contributed by atoms with E-state index in [1.165, 1.54) is 11.3 Å². The van der Waals surface area contributed by atoms with Crippen LogP contribution in [0.25, 0.3) is 6.08 Å². The van der Waals surface area contributed by atoms with Crippen LogP contribution in [0.15, 0.2) is 68.0 Å². The second-order valence-electron chi connectivity index (χ2n) is 8.00. The van der Waals surface area contributed by atoms with E-state index in [1.54, 1.807) is 28.7 Å². The Balaban J connectivity index is 1.93. The van der Waals surface area contributed by atoms with E-state index >= 15 is 0 Å². The van der Waals surface area contributed by atoms with E-state index in [2.05, 4.69) is 15.9 Å². The maximum Gasteiger partial charge on any atom is 0.271 e. The number of halogens is 2. The number of aromatic nitrogens is 1. The van der Waals surface area contributed by atoms with Gasteiger partial charge >= 0.3 is 0 Å². The van der Waals surface area contributed by atoms with Gasteiger partial charge in [0.15, 0.2) is 4.80 Å². The van der Waals surface area contributed by atoms with Crippen LogP contribution < -0.4 is 19.6 Å². The van der Waals surface area contributed by atoms with Gasteiger partial charge in [0.25, 0.3) is 11.5 Å². The van der Waals surface area contributed by atoms with Gasteiger partial charge in [-0.2, -0.15) is 0 Å². The molecule has 1 aliphatic rings. The van der Waals surface area contributed by atoms with Crippen molar-refractivity contribution in [2.45, 2.75) is 26.8 Å². The molecule has 9 heteroatoms. The van der Waals surface area contributed by atoms with Crippen LogP contribution in [0.3, 0.4) is 0 Å². The molecule has 6 nitrogen and oxygen atoms in total. The lowest BCUT2D eigenvalue weighted by atomic mass is 9.94. The number of likely N-dealkylation sites (N-methyl/N-ethyl adjacent to an activating group) is 1. The molecule has 1 aromatic heterocycles. The Labute approximate surface area is 221 Å². The van der Waals surface area contributed by atoms with Crippen LogP contribution in [0.1, 0.15) is 37.9 Å². The molecule has 182 valence electrons. The van der Waals surface area contributed by atoms with Crippen molar-refractivity contribution in [3.63, 3.8) is 0 Å². The highest BCUT2D eigenvalue weighted by atomic mass is 79.9. The van der Waals surface area contributed by atoms with Crippen LogP contribution in [0.2, 0.25) is 5.02 Å². The third-order valence-electron chi connectivity index (χ3n) is 5.96. The molecule has 0 spiro atoms. The maximum absolute atomic E-state index is 13.7. The lowest BCUT2D eigenvalue weighted by Gasteiger charge is -2.29. The molecule has 1 amide bonds. The molecule has 0 saturated heterocycles. The van der Waals surface area contributed by atoms with E-state index < -0.39 is 6.04 Å². The summed E-state index contributed by atoms with van der Waals surface area (Å²) >= 11 is 10.9. The summed E-state index contributed by atoms with van der Waals surface area (Å²) in [6.45, 7) is 6.84. The summed E-state index contributed by atoms with van der Waals surface area (Å²) < 4.78 is 8.26. The molecule has 0 bridgehead atoms. The molecule has 0 aliphatic carbocycles. The molecule has 3 aromatic rings. The van der Waals surface area contributed by atoms with Gasteiger partial charge in [-0.3, -0.25) is 14.2 Å². The molecule has 2 aromatic carbocycles. The first-order valence-corrected chi connectivity index (χ1v) is 13.2. The van der Waals surface area contributed by atoms with Crippen molar-refractivity contribution in [2.24, 2.45) is 4.99 Å². The third-order valence-corrected chi connectivity index (χ3v) is 7.82. The second kappa shape index (κ2) is 10.5. The van der Waals surface area contributed by atoms with Crippen LogP contribution in [0.4, 0.5) is 0 Å². The van der Waals surface area contributed by atoms with Crippen LogP contribution in [-0.4, -0.2) is 35.6 Å².